The second-order valence-corrected chi connectivity index (χ2v) is 6.20. The number of hydrogen-bond acceptors (Lipinski definition) is 3. The van der Waals surface area contributed by atoms with E-state index in [2.05, 4.69) is 10.6 Å². The van der Waals surface area contributed by atoms with Gasteiger partial charge in [-0.25, -0.2) is 0 Å². The van der Waals surface area contributed by atoms with Crippen LogP contribution >= 0.6 is 12.4 Å². The standard InChI is InChI=1S/C14H24N2O2.ClH/c1-18-14(4-6-15-7-5-14)13(17)16-12-9-10-2-3-11(12)8-10;/h10-12,15H,2-9H2,1H3,(H,16,17);1H. The van der Waals surface area contributed by atoms with Gasteiger partial charge < -0.3 is 15.4 Å². The van der Waals surface area contributed by atoms with Gasteiger partial charge >= 0.3 is 0 Å². The molecule has 3 atom stereocenters. The van der Waals surface area contributed by atoms with Gasteiger partial charge in [0.1, 0.15) is 5.60 Å². The maximum absolute atomic E-state index is 12.5. The number of fused-ring (bicyclic) bond motifs is 2. The smallest absolute Gasteiger partial charge is 0.252 e. The monoisotopic (exact) mass is 288 g/mol. The Morgan fingerprint density at radius 2 is 2.00 bits per heavy atom. The molecule has 1 amide bonds. The zero-order chi connectivity index (χ0) is 12.6. The molecule has 0 radical (unpaired) electrons. The van der Waals surface area contributed by atoms with E-state index in [0.717, 1.165) is 37.8 Å². The normalized spacial score (nSPS) is 35.7. The predicted octanol–water partition coefficient (Wildman–Crippen LogP) is 1.48. The zero-order valence-corrected chi connectivity index (χ0v) is 12.4. The maximum Gasteiger partial charge on any atom is 0.252 e. The molecule has 3 unspecified atom stereocenters. The van der Waals surface area contributed by atoms with Gasteiger partial charge in [0.25, 0.3) is 5.91 Å². The number of halogens is 1. The second-order valence-electron chi connectivity index (χ2n) is 6.20. The Morgan fingerprint density at radius 3 is 2.53 bits per heavy atom. The molecular weight excluding hydrogens is 264 g/mol. The van der Waals surface area contributed by atoms with Gasteiger partial charge in [0.05, 0.1) is 0 Å². The Kier molecular flexibility index (Phi) is 4.75. The highest BCUT2D eigenvalue weighted by Crippen LogP contribution is 2.44. The number of carbonyl (C=O) groups excluding carboxylic acids is 1. The number of amides is 1. The van der Waals surface area contributed by atoms with Crippen LogP contribution in [0.5, 0.6) is 0 Å². The number of piperidine rings is 1. The molecule has 3 aliphatic rings. The highest BCUT2D eigenvalue weighted by Gasteiger charge is 2.45. The molecule has 2 N–H and O–H groups in total. The average Bonchev–Trinajstić information content (AvgIpc) is 3.01. The quantitative estimate of drug-likeness (QED) is 0.827. The number of rotatable bonds is 3. The van der Waals surface area contributed by atoms with Crippen LogP contribution in [-0.2, 0) is 9.53 Å². The lowest BCUT2D eigenvalue weighted by Crippen LogP contribution is -2.56. The summed E-state index contributed by atoms with van der Waals surface area (Å²) in [6.45, 7) is 1.75. The fourth-order valence-corrected chi connectivity index (χ4v) is 4.08. The molecule has 1 aliphatic heterocycles. The SMILES string of the molecule is COC1(C(=O)NC2CC3CCC2C3)CCNCC1.Cl. The first-order chi connectivity index (χ1) is 8.73. The first-order valence-corrected chi connectivity index (χ1v) is 7.30. The molecule has 2 aliphatic carbocycles. The minimum atomic E-state index is -0.576. The molecule has 0 aromatic heterocycles. The first kappa shape index (κ1) is 15.1. The van der Waals surface area contributed by atoms with E-state index in [1.165, 1.54) is 25.7 Å². The van der Waals surface area contributed by atoms with E-state index in [-0.39, 0.29) is 18.3 Å². The van der Waals surface area contributed by atoms with Gasteiger partial charge in [0.2, 0.25) is 0 Å². The Balaban J connectivity index is 0.00000133. The van der Waals surface area contributed by atoms with Crippen LogP contribution in [0.1, 0.15) is 38.5 Å². The van der Waals surface area contributed by atoms with E-state index in [1.807, 2.05) is 0 Å². The first-order valence-electron chi connectivity index (χ1n) is 7.30. The molecule has 2 saturated carbocycles. The highest BCUT2D eigenvalue weighted by molar-refractivity contribution is 5.86. The summed E-state index contributed by atoms with van der Waals surface area (Å²) in [5, 5.41) is 6.57. The van der Waals surface area contributed by atoms with Crippen LogP contribution in [0.4, 0.5) is 0 Å². The van der Waals surface area contributed by atoms with Crippen molar-refractivity contribution in [3.63, 3.8) is 0 Å². The molecule has 3 rings (SSSR count). The van der Waals surface area contributed by atoms with Crippen molar-refractivity contribution in [2.45, 2.75) is 50.2 Å². The van der Waals surface area contributed by atoms with Gasteiger partial charge in [0.15, 0.2) is 0 Å². The molecule has 5 heteroatoms. The van der Waals surface area contributed by atoms with Gasteiger partial charge in [0, 0.05) is 13.2 Å². The van der Waals surface area contributed by atoms with Crippen LogP contribution in [0, 0.1) is 11.8 Å². The number of hydrogen-bond donors (Lipinski definition) is 2. The van der Waals surface area contributed by atoms with Gasteiger partial charge in [-0.15, -0.1) is 12.4 Å². The summed E-state index contributed by atoms with van der Waals surface area (Å²) in [5.41, 5.74) is -0.576. The van der Waals surface area contributed by atoms with E-state index < -0.39 is 5.60 Å². The van der Waals surface area contributed by atoms with E-state index in [0.29, 0.717) is 6.04 Å². The van der Waals surface area contributed by atoms with Crippen molar-refractivity contribution in [1.29, 1.82) is 0 Å². The summed E-state index contributed by atoms with van der Waals surface area (Å²) in [6, 6.07) is 0.415. The summed E-state index contributed by atoms with van der Waals surface area (Å²) in [6.07, 6.45) is 6.76. The minimum absolute atomic E-state index is 0. The molecule has 0 spiro atoms. The van der Waals surface area contributed by atoms with Gasteiger partial charge in [-0.3, -0.25) is 4.79 Å². The van der Waals surface area contributed by atoms with Crippen molar-refractivity contribution >= 4 is 18.3 Å². The van der Waals surface area contributed by atoms with Crippen molar-refractivity contribution < 1.29 is 9.53 Å². The predicted molar refractivity (Wildman–Crippen MR) is 76.5 cm³/mol. The molecule has 4 nitrogen and oxygen atoms in total. The number of nitrogens with one attached hydrogen (secondary N) is 2. The second kappa shape index (κ2) is 5.98. The van der Waals surface area contributed by atoms with Crippen LogP contribution in [0.25, 0.3) is 0 Å². The number of carbonyl (C=O) groups is 1. The third kappa shape index (κ3) is 2.76. The Morgan fingerprint density at radius 1 is 1.26 bits per heavy atom. The molecule has 1 heterocycles. The summed E-state index contributed by atoms with van der Waals surface area (Å²) in [7, 11) is 1.67. The topological polar surface area (TPSA) is 50.4 Å². The molecule has 110 valence electrons. The van der Waals surface area contributed by atoms with E-state index in [4.69, 9.17) is 4.74 Å². The molecule has 1 saturated heterocycles. The van der Waals surface area contributed by atoms with Crippen LogP contribution in [-0.4, -0.2) is 37.7 Å². The molecule has 2 bridgehead atoms. The largest absolute Gasteiger partial charge is 0.368 e. The summed E-state index contributed by atoms with van der Waals surface area (Å²) < 4.78 is 5.58. The van der Waals surface area contributed by atoms with Gasteiger partial charge in [-0.1, -0.05) is 6.42 Å². The Hall–Kier alpha value is -0.320. The molecule has 3 fully saturated rings. The van der Waals surface area contributed by atoms with Gasteiger partial charge in [-0.05, 0) is 57.0 Å². The molecular formula is C14H25ClN2O2. The third-order valence-corrected chi connectivity index (χ3v) is 5.27. The lowest BCUT2D eigenvalue weighted by Gasteiger charge is -2.36. The molecule has 0 aromatic carbocycles. The van der Waals surface area contributed by atoms with E-state index in [1.54, 1.807) is 7.11 Å². The lowest BCUT2D eigenvalue weighted by atomic mass is 9.89. The van der Waals surface area contributed by atoms with Crippen molar-refractivity contribution in [1.82, 2.24) is 10.6 Å². The van der Waals surface area contributed by atoms with E-state index >= 15 is 0 Å². The summed E-state index contributed by atoms with van der Waals surface area (Å²) in [5.74, 6) is 1.73. The van der Waals surface area contributed by atoms with Crippen molar-refractivity contribution in [3.8, 4) is 0 Å². The molecule has 19 heavy (non-hydrogen) atoms. The molecule has 0 aromatic rings. The van der Waals surface area contributed by atoms with Gasteiger partial charge in [-0.2, -0.15) is 0 Å². The van der Waals surface area contributed by atoms with Crippen molar-refractivity contribution in [2.75, 3.05) is 20.2 Å². The minimum Gasteiger partial charge on any atom is -0.368 e. The fraction of sp³-hybridized carbons (Fsp3) is 0.929. The zero-order valence-electron chi connectivity index (χ0n) is 11.6. The average molecular weight is 289 g/mol. The number of ether oxygens (including phenoxy) is 1. The summed E-state index contributed by atoms with van der Waals surface area (Å²) >= 11 is 0. The number of methoxy groups -OCH3 is 1. The maximum atomic E-state index is 12.5. The Labute approximate surface area is 121 Å². The van der Waals surface area contributed by atoms with Crippen LogP contribution in [0.2, 0.25) is 0 Å². The Bertz CT molecular complexity index is 331. The third-order valence-electron chi connectivity index (χ3n) is 5.27. The lowest BCUT2D eigenvalue weighted by molar-refractivity contribution is -0.147. The summed E-state index contributed by atoms with van der Waals surface area (Å²) in [4.78, 5) is 12.5. The van der Waals surface area contributed by atoms with Crippen molar-refractivity contribution in [2.24, 2.45) is 11.8 Å². The van der Waals surface area contributed by atoms with Crippen molar-refractivity contribution in [3.05, 3.63) is 0 Å². The van der Waals surface area contributed by atoms with Crippen LogP contribution in [0.3, 0.4) is 0 Å². The fourth-order valence-electron chi connectivity index (χ4n) is 4.08. The highest BCUT2D eigenvalue weighted by atomic mass is 35.5. The van der Waals surface area contributed by atoms with Crippen LogP contribution in [0.15, 0.2) is 0 Å². The van der Waals surface area contributed by atoms with E-state index in [9.17, 15) is 4.79 Å². The van der Waals surface area contributed by atoms with Crippen LogP contribution < -0.4 is 10.6 Å².